The topological polar surface area (TPSA) is 84.2 Å². The first-order valence-corrected chi connectivity index (χ1v) is 12.9. The molecule has 4 heterocycles. The van der Waals surface area contributed by atoms with Gasteiger partial charge >= 0.3 is 5.63 Å². The van der Waals surface area contributed by atoms with Gasteiger partial charge in [-0.2, -0.15) is 0 Å². The molecule has 0 saturated carbocycles. The van der Waals surface area contributed by atoms with Gasteiger partial charge in [0.15, 0.2) is 0 Å². The first kappa shape index (κ1) is 24.7. The van der Waals surface area contributed by atoms with E-state index in [2.05, 4.69) is 26.6 Å². The maximum absolute atomic E-state index is 13.1. The number of hydrogen-bond donors (Lipinski definition) is 0. The number of aryl methyl sites for hydroxylation is 1. The molecule has 36 heavy (non-hydrogen) atoms. The molecule has 192 valence electrons. The summed E-state index contributed by atoms with van der Waals surface area (Å²) in [6, 6.07) is 7.49. The Balaban J connectivity index is 1.36. The van der Waals surface area contributed by atoms with Crippen LogP contribution in [0.5, 0.6) is 5.75 Å². The maximum atomic E-state index is 13.1. The summed E-state index contributed by atoms with van der Waals surface area (Å²) in [5, 5.41) is 0.528. The van der Waals surface area contributed by atoms with Gasteiger partial charge in [-0.15, -0.1) is 0 Å². The highest BCUT2D eigenvalue weighted by Crippen LogP contribution is 2.30. The van der Waals surface area contributed by atoms with Crippen LogP contribution in [0, 0.1) is 0 Å². The van der Waals surface area contributed by atoms with Crippen molar-refractivity contribution in [2.45, 2.75) is 19.8 Å². The van der Waals surface area contributed by atoms with Crippen molar-refractivity contribution in [1.29, 1.82) is 0 Å². The quantitative estimate of drug-likeness (QED) is 0.470. The number of aromatic nitrogens is 2. The molecule has 0 bridgehead atoms. The van der Waals surface area contributed by atoms with Crippen molar-refractivity contribution in [2.75, 3.05) is 77.6 Å². The second kappa shape index (κ2) is 11.4. The fourth-order valence-corrected chi connectivity index (χ4v) is 5.06. The van der Waals surface area contributed by atoms with Crippen molar-refractivity contribution in [3.05, 3.63) is 46.4 Å². The minimum atomic E-state index is -0.371. The molecule has 1 aromatic carbocycles. The molecule has 0 atom stereocenters. The van der Waals surface area contributed by atoms with E-state index in [1.807, 2.05) is 18.2 Å². The van der Waals surface area contributed by atoms with Crippen molar-refractivity contribution in [2.24, 2.45) is 0 Å². The standard InChI is InChI=1S/C27H35N5O4/c1-3-5-20-18-21(34-2)19-23-24(20)27(33)36-26(29-23)22-6-4-7-28-25(22)32-12-10-30(11-13-32)8-9-31-14-16-35-17-15-31/h4,6-7,18-19H,3,5,8-17H2,1-2H3. The molecule has 5 rings (SSSR count). The van der Waals surface area contributed by atoms with Crippen molar-refractivity contribution >= 4 is 16.7 Å². The van der Waals surface area contributed by atoms with Gasteiger partial charge in [-0.1, -0.05) is 13.3 Å². The fourth-order valence-electron chi connectivity index (χ4n) is 5.06. The smallest absolute Gasteiger partial charge is 0.347 e. The normalized spacial score (nSPS) is 17.6. The maximum Gasteiger partial charge on any atom is 0.347 e. The summed E-state index contributed by atoms with van der Waals surface area (Å²) in [7, 11) is 1.63. The number of rotatable bonds is 8. The van der Waals surface area contributed by atoms with E-state index in [1.165, 1.54) is 0 Å². The van der Waals surface area contributed by atoms with Crippen LogP contribution in [-0.2, 0) is 11.2 Å². The summed E-state index contributed by atoms with van der Waals surface area (Å²) >= 11 is 0. The van der Waals surface area contributed by atoms with Gasteiger partial charge in [0.05, 0.1) is 36.8 Å². The fraction of sp³-hybridized carbons (Fsp3) is 0.519. The Morgan fingerprint density at radius 2 is 1.78 bits per heavy atom. The minimum absolute atomic E-state index is 0.293. The zero-order valence-electron chi connectivity index (χ0n) is 21.2. The lowest BCUT2D eigenvalue weighted by atomic mass is 10.0. The molecule has 0 unspecified atom stereocenters. The first-order valence-electron chi connectivity index (χ1n) is 12.9. The average molecular weight is 494 g/mol. The van der Waals surface area contributed by atoms with Gasteiger partial charge in [-0.25, -0.2) is 14.8 Å². The van der Waals surface area contributed by atoms with E-state index in [0.29, 0.717) is 22.5 Å². The van der Waals surface area contributed by atoms with Gasteiger partial charge in [-0.05, 0) is 30.2 Å². The van der Waals surface area contributed by atoms with Gasteiger partial charge in [0.1, 0.15) is 11.6 Å². The number of fused-ring (bicyclic) bond motifs is 1. The van der Waals surface area contributed by atoms with Crippen molar-refractivity contribution in [3.63, 3.8) is 0 Å². The van der Waals surface area contributed by atoms with Crippen molar-refractivity contribution < 1.29 is 13.9 Å². The van der Waals surface area contributed by atoms with E-state index in [0.717, 1.165) is 95.4 Å². The summed E-state index contributed by atoms with van der Waals surface area (Å²) < 4.78 is 16.7. The number of methoxy groups -OCH3 is 1. The van der Waals surface area contributed by atoms with Gasteiger partial charge in [0, 0.05) is 64.6 Å². The highest BCUT2D eigenvalue weighted by atomic mass is 16.5. The molecule has 2 fully saturated rings. The zero-order chi connectivity index (χ0) is 24.9. The third kappa shape index (κ3) is 5.38. The molecular weight excluding hydrogens is 458 g/mol. The molecular formula is C27H35N5O4. The summed E-state index contributed by atoms with van der Waals surface area (Å²) in [5.74, 6) is 1.78. The van der Waals surface area contributed by atoms with Crippen LogP contribution < -0.4 is 15.3 Å². The number of benzene rings is 1. The summed E-state index contributed by atoms with van der Waals surface area (Å²) in [6.45, 7) is 11.6. The molecule has 0 N–H and O–H groups in total. The number of morpholine rings is 1. The van der Waals surface area contributed by atoms with Crippen LogP contribution in [-0.4, -0.2) is 92.4 Å². The van der Waals surface area contributed by atoms with E-state index in [1.54, 1.807) is 19.4 Å². The van der Waals surface area contributed by atoms with Crippen molar-refractivity contribution in [3.8, 4) is 17.2 Å². The molecule has 0 amide bonds. The van der Waals surface area contributed by atoms with E-state index < -0.39 is 0 Å². The van der Waals surface area contributed by atoms with Crippen LogP contribution in [0.15, 0.2) is 39.7 Å². The first-order chi connectivity index (χ1) is 17.7. The summed E-state index contributed by atoms with van der Waals surface area (Å²) in [4.78, 5) is 29.8. The highest BCUT2D eigenvalue weighted by Gasteiger charge is 2.23. The Morgan fingerprint density at radius 3 is 2.50 bits per heavy atom. The molecule has 0 aliphatic carbocycles. The Hall–Kier alpha value is -3.01. The molecule has 9 heteroatoms. The highest BCUT2D eigenvalue weighted by molar-refractivity contribution is 5.84. The van der Waals surface area contributed by atoms with Crippen LogP contribution >= 0.6 is 0 Å². The lowest BCUT2D eigenvalue weighted by molar-refractivity contribution is 0.0331. The molecule has 2 aliphatic rings. The average Bonchev–Trinajstić information content (AvgIpc) is 2.92. The molecule has 2 aliphatic heterocycles. The van der Waals surface area contributed by atoms with Crippen LogP contribution in [0.25, 0.3) is 22.4 Å². The predicted molar refractivity (Wildman–Crippen MR) is 140 cm³/mol. The van der Waals surface area contributed by atoms with Gasteiger partial charge in [-0.3, -0.25) is 9.80 Å². The Bertz CT molecular complexity index is 1230. The zero-order valence-corrected chi connectivity index (χ0v) is 21.2. The van der Waals surface area contributed by atoms with Crippen molar-refractivity contribution in [1.82, 2.24) is 19.8 Å². The van der Waals surface area contributed by atoms with E-state index in [-0.39, 0.29) is 5.63 Å². The van der Waals surface area contributed by atoms with Gasteiger partial charge < -0.3 is 18.8 Å². The number of ether oxygens (including phenoxy) is 2. The summed E-state index contributed by atoms with van der Waals surface area (Å²) in [5.41, 5.74) is 1.85. The van der Waals surface area contributed by atoms with Crippen LogP contribution in [0.1, 0.15) is 18.9 Å². The van der Waals surface area contributed by atoms with Gasteiger partial charge in [0.2, 0.25) is 5.89 Å². The third-order valence-corrected chi connectivity index (χ3v) is 7.07. The van der Waals surface area contributed by atoms with Crippen LogP contribution in [0.3, 0.4) is 0 Å². The summed E-state index contributed by atoms with van der Waals surface area (Å²) in [6.07, 6.45) is 3.45. The second-order valence-electron chi connectivity index (χ2n) is 9.39. The molecule has 0 spiro atoms. The Labute approximate surface area is 211 Å². The minimum Gasteiger partial charge on any atom is -0.497 e. The van der Waals surface area contributed by atoms with Crippen LogP contribution in [0.4, 0.5) is 5.82 Å². The van der Waals surface area contributed by atoms with Crippen LogP contribution in [0.2, 0.25) is 0 Å². The Morgan fingerprint density at radius 1 is 1.03 bits per heavy atom. The number of anilines is 1. The molecule has 2 saturated heterocycles. The van der Waals surface area contributed by atoms with E-state index in [9.17, 15) is 4.79 Å². The second-order valence-corrected chi connectivity index (χ2v) is 9.39. The van der Waals surface area contributed by atoms with E-state index >= 15 is 0 Å². The van der Waals surface area contributed by atoms with E-state index in [4.69, 9.17) is 18.9 Å². The number of nitrogens with zero attached hydrogens (tertiary/aromatic N) is 5. The monoisotopic (exact) mass is 493 g/mol. The molecule has 2 aromatic heterocycles. The largest absolute Gasteiger partial charge is 0.497 e. The SMILES string of the molecule is CCCc1cc(OC)cc2nc(-c3cccnc3N3CCN(CCN4CCOCC4)CC3)oc(=O)c12. The van der Waals surface area contributed by atoms with Gasteiger partial charge in [0.25, 0.3) is 0 Å². The molecule has 0 radical (unpaired) electrons. The number of piperazine rings is 1. The third-order valence-electron chi connectivity index (χ3n) is 7.07. The Kier molecular flexibility index (Phi) is 7.79. The molecule has 3 aromatic rings. The predicted octanol–water partition coefficient (Wildman–Crippen LogP) is 2.67. The lowest BCUT2D eigenvalue weighted by Gasteiger charge is -2.37. The molecule has 9 nitrogen and oxygen atoms in total. The lowest BCUT2D eigenvalue weighted by Crippen LogP contribution is -2.49. The number of hydrogen-bond acceptors (Lipinski definition) is 9. The number of pyridine rings is 1.